The molecule has 0 spiro atoms. The molecule has 0 radical (unpaired) electrons. The molecule has 2 saturated heterocycles. The second-order valence-electron chi connectivity index (χ2n) is 17.5. The number of ether oxygens (including phenoxy) is 7. The fraction of sp³-hybridized carbons (Fsp3) is 0.702. The van der Waals surface area contributed by atoms with Crippen LogP contribution < -0.4 is 5.32 Å². The molecule has 4 rings (SSSR count). The van der Waals surface area contributed by atoms with E-state index in [9.17, 15) is 30.3 Å². The molecule has 15 heteroatoms. The summed E-state index contributed by atoms with van der Waals surface area (Å²) in [7, 11) is 3.00. The van der Waals surface area contributed by atoms with Crippen LogP contribution in [-0.2, 0) is 55.8 Å². The molecule has 6 N–H and O–H groups in total. The van der Waals surface area contributed by atoms with E-state index in [2.05, 4.69) is 5.32 Å². The predicted octanol–water partition coefficient (Wildman–Crippen LogP) is 5.03. The lowest BCUT2D eigenvalue weighted by atomic mass is 9.84. The first-order valence-electron chi connectivity index (χ1n) is 21.6. The topological polar surface area (TPSA) is 212 Å². The van der Waals surface area contributed by atoms with Crippen molar-refractivity contribution in [2.24, 2.45) is 0 Å². The molecule has 2 aromatic carbocycles. The molecule has 2 aliphatic rings. The van der Waals surface area contributed by atoms with Crippen LogP contribution in [0.3, 0.4) is 0 Å². The third kappa shape index (κ3) is 17.1. The number of hydrogen-bond acceptors (Lipinski definition) is 14. The molecule has 10 atom stereocenters. The molecule has 0 aromatic heterocycles. The number of aromatic hydroxyl groups is 1. The molecule has 2 aromatic rings. The lowest BCUT2D eigenvalue weighted by molar-refractivity contribution is -0.292. The number of aliphatic hydroxyl groups is 4. The zero-order valence-electron chi connectivity index (χ0n) is 39.8. The van der Waals surface area contributed by atoms with Gasteiger partial charge in [-0.25, -0.2) is 4.79 Å². The molecule has 15 nitrogen and oxygen atoms in total. The second-order valence-corrected chi connectivity index (χ2v) is 17.5. The number of esters is 1. The summed E-state index contributed by atoms with van der Waals surface area (Å²) in [6.45, 7) is 24.0. The molecule has 1 amide bonds. The first-order chi connectivity index (χ1) is 29.0. The number of rotatable bonds is 16. The SMILES string of the molecule is CC.CC.CNC=O.COC(C)(C)C1OC(C(=O)OCc2ccc(O)cc2)[C@@H](OC(C)(C)CCOC(C)(C)C2OC(Cc3ccccc3)[C@@H](OC(C)(C)C)C(O)C2O)C(O)C1O. The van der Waals surface area contributed by atoms with Gasteiger partial charge in [0.05, 0.1) is 35.1 Å². The summed E-state index contributed by atoms with van der Waals surface area (Å²) in [5.74, 6) is -0.748. The molecule has 62 heavy (non-hydrogen) atoms. The highest BCUT2D eigenvalue weighted by molar-refractivity contribution is 5.76. The summed E-state index contributed by atoms with van der Waals surface area (Å²) in [6.07, 6.45) is -10.5. The number of nitrogens with one attached hydrogen (secondary N) is 1. The Morgan fingerprint density at radius 1 is 0.726 bits per heavy atom. The van der Waals surface area contributed by atoms with Gasteiger partial charge in [-0.15, -0.1) is 0 Å². The maximum atomic E-state index is 13.6. The van der Waals surface area contributed by atoms with Crippen LogP contribution in [-0.4, -0.2) is 142 Å². The Hall–Kier alpha value is -3.22. The Balaban J connectivity index is 0.00000224. The summed E-state index contributed by atoms with van der Waals surface area (Å²) in [5.41, 5.74) is -2.23. The maximum Gasteiger partial charge on any atom is 0.338 e. The summed E-state index contributed by atoms with van der Waals surface area (Å²) in [5, 5.41) is 57.2. The minimum atomic E-state index is -1.56. The van der Waals surface area contributed by atoms with Crippen molar-refractivity contribution in [3.63, 3.8) is 0 Å². The summed E-state index contributed by atoms with van der Waals surface area (Å²) >= 11 is 0. The van der Waals surface area contributed by atoms with Crippen LogP contribution in [0.1, 0.15) is 108 Å². The summed E-state index contributed by atoms with van der Waals surface area (Å²) in [6, 6.07) is 15.9. The number of benzene rings is 2. The van der Waals surface area contributed by atoms with Crippen molar-refractivity contribution in [1.82, 2.24) is 5.32 Å². The highest BCUT2D eigenvalue weighted by Gasteiger charge is 2.55. The van der Waals surface area contributed by atoms with Crippen LogP contribution in [0.4, 0.5) is 0 Å². The van der Waals surface area contributed by atoms with Crippen molar-refractivity contribution >= 4 is 12.4 Å². The molecule has 2 aliphatic heterocycles. The van der Waals surface area contributed by atoms with Gasteiger partial charge in [-0.2, -0.15) is 0 Å². The lowest BCUT2D eigenvalue weighted by Gasteiger charge is -2.49. The highest BCUT2D eigenvalue weighted by Crippen LogP contribution is 2.37. The van der Waals surface area contributed by atoms with Crippen molar-refractivity contribution < 1.29 is 68.3 Å². The quantitative estimate of drug-likeness (QED) is 0.0966. The van der Waals surface area contributed by atoms with Gasteiger partial charge >= 0.3 is 5.97 Å². The van der Waals surface area contributed by atoms with Gasteiger partial charge < -0.3 is 64.0 Å². The van der Waals surface area contributed by atoms with Crippen molar-refractivity contribution in [3.05, 3.63) is 65.7 Å². The number of methoxy groups -OCH3 is 1. The molecule has 356 valence electrons. The van der Waals surface area contributed by atoms with Crippen molar-refractivity contribution in [2.75, 3.05) is 20.8 Å². The first-order valence-corrected chi connectivity index (χ1v) is 21.6. The standard InChI is InChI=1S/C41H62O13.C2H5NO.2C2H6/c1-38(2,3)53-32-27(22-24-14-12-11-13-15-24)51-36(30(45)28(32)43)41(8,9)50-21-20-39(4,5)54-33-29(44)31(46)35(40(6,7)48-10)52-34(33)37(47)49-23-25-16-18-26(42)19-17-25;1-3-2-4;2*1-2/h11-19,27-36,42-46H,20-23H2,1-10H3;2H,1H3,(H,3,4);2*1-2H3/t27?,28?,29?,30?,31?,32-,33+,34?,35?,36?;;;/m1.../s1. The van der Waals surface area contributed by atoms with Gasteiger partial charge in [-0.05, 0) is 92.0 Å². The normalized spacial score (nSPS) is 26.6. The van der Waals surface area contributed by atoms with Crippen LogP contribution in [0.2, 0.25) is 0 Å². The zero-order chi connectivity index (χ0) is 47.6. The van der Waals surface area contributed by atoms with E-state index < -0.39 is 89.4 Å². The third-order valence-electron chi connectivity index (χ3n) is 10.2. The van der Waals surface area contributed by atoms with Crippen LogP contribution in [0.5, 0.6) is 5.75 Å². The number of carbonyl (C=O) groups is 2. The zero-order valence-corrected chi connectivity index (χ0v) is 39.8. The number of carbonyl (C=O) groups excluding carboxylic acids is 2. The molecule has 0 bridgehead atoms. The van der Waals surface area contributed by atoms with Crippen LogP contribution in [0, 0.1) is 0 Å². The Morgan fingerprint density at radius 3 is 1.74 bits per heavy atom. The molecule has 0 aliphatic carbocycles. The van der Waals surface area contributed by atoms with Gasteiger partial charge in [-0.3, -0.25) is 4.79 Å². The average molecular weight is 882 g/mol. The number of amides is 1. The fourth-order valence-corrected chi connectivity index (χ4v) is 6.86. The molecular weight excluding hydrogens is 803 g/mol. The van der Waals surface area contributed by atoms with Crippen LogP contribution in [0.25, 0.3) is 0 Å². The Morgan fingerprint density at radius 2 is 1.24 bits per heavy atom. The maximum absolute atomic E-state index is 13.6. The van der Waals surface area contributed by atoms with Crippen LogP contribution in [0.15, 0.2) is 54.6 Å². The van der Waals surface area contributed by atoms with Crippen molar-refractivity contribution in [2.45, 2.75) is 193 Å². The van der Waals surface area contributed by atoms with E-state index in [-0.39, 0.29) is 25.4 Å². The Kier molecular flexibility index (Phi) is 23.7. The highest BCUT2D eigenvalue weighted by atomic mass is 16.6. The number of aliphatic hydroxyl groups excluding tert-OH is 4. The number of phenolic OH excluding ortho intramolecular Hbond substituents is 1. The minimum Gasteiger partial charge on any atom is -0.508 e. The lowest BCUT2D eigenvalue weighted by Crippen LogP contribution is -2.66. The van der Waals surface area contributed by atoms with Gasteiger partial charge in [0.15, 0.2) is 6.10 Å². The van der Waals surface area contributed by atoms with E-state index in [4.69, 9.17) is 38.0 Å². The number of hydrogen-bond donors (Lipinski definition) is 6. The minimum absolute atomic E-state index is 0.0668. The predicted molar refractivity (Wildman–Crippen MR) is 237 cm³/mol. The van der Waals surface area contributed by atoms with Gasteiger partial charge in [0.1, 0.15) is 61.2 Å². The fourth-order valence-electron chi connectivity index (χ4n) is 6.86. The van der Waals surface area contributed by atoms with E-state index >= 15 is 0 Å². The second kappa shape index (κ2) is 25.9. The first kappa shape index (κ1) is 56.8. The van der Waals surface area contributed by atoms with Gasteiger partial charge in [0.2, 0.25) is 6.41 Å². The van der Waals surface area contributed by atoms with Gasteiger partial charge in [0, 0.05) is 20.6 Å². The molecule has 8 unspecified atom stereocenters. The van der Waals surface area contributed by atoms with Crippen molar-refractivity contribution in [1.29, 1.82) is 0 Å². The average Bonchev–Trinajstić information content (AvgIpc) is 3.23. The molecule has 0 saturated carbocycles. The smallest absolute Gasteiger partial charge is 0.338 e. The van der Waals surface area contributed by atoms with Gasteiger partial charge in [-0.1, -0.05) is 70.2 Å². The molecule has 2 fully saturated rings. The Labute approximate surface area is 370 Å². The Bertz CT molecular complexity index is 1550. The van der Waals surface area contributed by atoms with Crippen LogP contribution >= 0.6 is 0 Å². The largest absolute Gasteiger partial charge is 0.508 e. The van der Waals surface area contributed by atoms with E-state index in [0.717, 1.165) is 5.56 Å². The van der Waals surface area contributed by atoms with E-state index in [0.29, 0.717) is 18.4 Å². The number of phenols is 1. The molecular formula is C47H79NO14. The molecule has 2 heterocycles. The third-order valence-corrected chi connectivity index (χ3v) is 10.2. The van der Waals surface area contributed by atoms with E-state index in [1.54, 1.807) is 60.7 Å². The van der Waals surface area contributed by atoms with Gasteiger partial charge in [0.25, 0.3) is 0 Å². The summed E-state index contributed by atoms with van der Waals surface area (Å²) < 4.78 is 42.7. The van der Waals surface area contributed by atoms with E-state index in [1.807, 2.05) is 78.8 Å². The monoisotopic (exact) mass is 882 g/mol. The van der Waals surface area contributed by atoms with E-state index in [1.165, 1.54) is 19.2 Å². The summed E-state index contributed by atoms with van der Waals surface area (Å²) in [4.78, 5) is 22.6. The van der Waals surface area contributed by atoms with Crippen molar-refractivity contribution in [3.8, 4) is 5.75 Å².